The third-order valence-electron chi connectivity index (χ3n) is 2.71. The molecule has 0 radical (unpaired) electrons. The van der Waals surface area contributed by atoms with Crippen LogP contribution in [0.2, 0.25) is 0 Å². The second-order valence-corrected chi connectivity index (χ2v) is 4.20. The van der Waals surface area contributed by atoms with Crippen molar-refractivity contribution in [1.29, 1.82) is 0 Å². The number of hydrogen-bond donors (Lipinski definition) is 0. The molecule has 0 unspecified atom stereocenters. The van der Waals surface area contributed by atoms with Gasteiger partial charge < -0.3 is 17.7 Å². The number of aromatic nitrogens is 1. The summed E-state index contributed by atoms with van der Waals surface area (Å²) in [6.45, 7) is -3.31. The molecule has 100 valence electrons. The molecule has 19 heavy (non-hydrogen) atoms. The molecule has 0 N–H and O–H groups in total. The minimum Gasteiger partial charge on any atom is -0.487 e. The number of aryl methyl sites for hydroxylation is 1. The van der Waals surface area contributed by atoms with Crippen molar-refractivity contribution in [2.24, 2.45) is 0 Å². The van der Waals surface area contributed by atoms with Crippen LogP contribution in [-0.2, 0) is 6.61 Å². The molecule has 0 fully saturated rings. The molecule has 2 nitrogen and oxygen atoms in total. The molecule has 0 bridgehead atoms. The van der Waals surface area contributed by atoms with Gasteiger partial charge in [-0.2, -0.15) is 0 Å². The average Bonchev–Trinajstić information content (AvgIpc) is 2.36. The molecule has 1 aromatic carbocycles. The quantitative estimate of drug-likeness (QED) is 0.793. The topological polar surface area (TPSA) is 22.1 Å². The van der Waals surface area contributed by atoms with Crippen LogP contribution in [0.1, 0.15) is 11.3 Å². The normalized spacial score (nSPS) is 11.4. The van der Waals surface area contributed by atoms with Gasteiger partial charge in [0.25, 0.3) is 0 Å². The summed E-state index contributed by atoms with van der Waals surface area (Å²) in [7, 11) is 0. The fourth-order valence-corrected chi connectivity index (χ4v) is 1.75. The Hall–Kier alpha value is -1.98. The zero-order valence-corrected chi connectivity index (χ0v) is 10.3. The Morgan fingerprint density at radius 2 is 1.95 bits per heavy atom. The van der Waals surface area contributed by atoms with Gasteiger partial charge in [0.1, 0.15) is 12.4 Å². The summed E-state index contributed by atoms with van der Waals surface area (Å²) in [6, 6.07) is 9.19. The summed E-state index contributed by atoms with van der Waals surface area (Å²) in [5.41, 5.74) is 0.320. The maximum atomic E-state index is 12.6. The second kappa shape index (κ2) is 5.34. The zero-order chi connectivity index (χ0) is 13.9. The lowest BCUT2D eigenvalue weighted by Gasteiger charge is -2.18. The number of hydrogen-bond acceptors (Lipinski definition) is 2. The molecule has 0 amide bonds. The highest BCUT2D eigenvalue weighted by atomic mass is 19.4. The van der Waals surface area contributed by atoms with Crippen molar-refractivity contribution in [3.05, 3.63) is 53.9 Å². The van der Waals surface area contributed by atoms with Gasteiger partial charge in [-0.3, -0.25) is 4.98 Å². The van der Waals surface area contributed by atoms with Gasteiger partial charge in [0, 0.05) is 6.20 Å². The first kappa shape index (κ1) is 13.5. The van der Waals surface area contributed by atoms with Crippen LogP contribution in [0.3, 0.4) is 0 Å². The summed E-state index contributed by atoms with van der Waals surface area (Å²) >= 11 is 0. The Labute approximate surface area is 109 Å². The van der Waals surface area contributed by atoms with Gasteiger partial charge in [0.05, 0.1) is 5.69 Å². The molecule has 0 saturated heterocycles. The SMILES string of the molecule is Cc1cc(OCc2ccccn2)ccc1[B-](F)(F)F. The van der Waals surface area contributed by atoms with Crippen molar-refractivity contribution in [2.45, 2.75) is 13.5 Å². The van der Waals surface area contributed by atoms with Gasteiger partial charge in [-0.1, -0.05) is 17.7 Å². The molecule has 2 aromatic rings. The Kier molecular flexibility index (Phi) is 3.78. The van der Waals surface area contributed by atoms with Crippen molar-refractivity contribution in [3.8, 4) is 5.75 Å². The zero-order valence-electron chi connectivity index (χ0n) is 10.3. The van der Waals surface area contributed by atoms with Crippen LogP contribution in [0.5, 0.6) is 5.75 Å². The lowest BCUT2D eigenvalue weighted by Crippen LogP contribution is -2.35. The predicted molar refractivity (Wildman–Crippen MR) is 68.5 cm³/mol. The van der Waals surface area contributed by atoms with Crippen LogP contribution in [0.15, 0.2) is 42.6 Å². The average molecular weight is 266 g/mol. The Morgan fingerprint density at radius 3 is 2.53 bits per heavy atom. The lowest BCUT2D eigenvalue weighted by atomic mass is 9.77. The lowest BCUT2D eigenvalue weighted by molar-refractivity contribution is 0.301. The highest BCUT2D eigenvalue weighted by Crippen LogP contribution is 2.18. The fraction of sp³-hybridized carbons (Fsp3) is 0.154. The number of benzene rings is 1. The van der Waals surface area contributed by atoms with Crippen molar-refractivity contribution >= 4 is 12.4 Å². The van der Waals surface area contributed by atoms with Crippen molar-refractivity contribution in [3.63, 3.8) is 0 Å². The number of nitrogens with zero attached hydrogens (tertiary/aromatic N) is 1. The van der Waals surface area contributed by atoms with E-state index in [1.165, 1.54) is 19.1 Å². The van der Waals surface area contributed by atoms with Crippen molar-refractivity contribution in [1.82, 2.24) is 4.98 Å². The third-order valence-corrected chi connectivity index (χ3v) is 2.71. The Bertz CT molecular complexity index is 558. The van der Waals surface area contributed by atoms with E-state index in [2.05, 4.69) is 4.98 Å². The van der Waals surface area contributed by atoms with Gasteiger partial charge in [0.15, 0.2) is 0 Å². The second-order valence-electron chi connectivity index (χ2n) is 4.20. The monoisotopic (exact) mass is 266 g/mol. The molecule has 0 atom stereocenters. The fourth-order valence-electron chi connectivity index (χ4n) is 1.75. The maximum Gasteiger partial charge on any atom is 0.509 e. The first-order chi connectivity index (χ1) is 8.97. The first-order valence-corrected chi connectivity index (χ1v) is 5.80. The molecular formula is C13H12BF3NO-. The van der Waals surface area contributed by atoms with Crippen LogP contribution in [0, 0.1) is 6.92 Å². The van der Waals surface area contributed by atoms with E-state index in [-0.39, 0.29) is 12.2 Å². The summed E-state index contributed by atoms with van der Waals surface area (Å²) in [4.78, 5) is 4.07. The molecule has 0 saturated carbocycles. The maximum absolute atomic E-state index is 12.6. The van der Waals surface area contributed by atoms with Crippen LogP contribution in [-0.4, -0.2) is 12.0 Å². The minimum atomic E-state index is -4.97. The van der Waals surface area contributed by atoms with Crippen molar-refractivity contribution in [2.75, 3.05) is 0 Å². The molecule has 0 spiro atoms. The third kappa shape index (κ3) is 3.50. The minimum absolute atomic E-state index is 0.172. The molecule has 0 aliphatic carbocycles. The van der Waals surface area contributed by atoms with E-state index in [1.807, 2.05) is 6.07 Å². The molecule has 2 rings (SSSR count). The Balaban J connectivity index is 2.09. The van der Waals surface area contributed by atoms with E-state index in [1.54, 1.807) is 18.3 Å². The molecule has 0 aliphatic rings. The standard InChI is InChI=1S/C13H12BF3NO/c1-10-8-12(5-6-13(10)14(15,16)17)19-9-11-4-2-3-7-18-11/h2-8H,9H2,1H3/q-1. The van der Waals surface area contributed by atoms with Gasteiger partial charge in [0.2, 0.25) is 0 Å². The van der Waals surface area contributed by atoms with Gasteiger partial charge in [-0.05, 0) is 31.2 Å². The van der Waals surface area contributed by atoms with E-state index >= 15 is 0 Å². The summed E-state index contributed by atoms with van der Waals surface area (Å²) in [6.07, 6.45) is 1.64. The van der Waals surface area contributed by atoms with Crippen LogP contribution in [0.25, 0.3) is 0 Å². The molecular weight excluding hydrogens is 254 g/mol. The van der Waals surface area contributed by atoms with E-state index in [0.29, 0.717) is 5.75 Å². The van der Waals surface area contributed by atoms with E-state index in [9.17, 15) is 12.9 Å². The largest absolute Gasteiger partial charge is 0.509 e. The summed E-state index contributed by atoms with van der Waals surface area (Å²) in [5.74, 6) is 0.409. The Morgan fingerprint density at radius 1 is 1.16 bits per heavy atom. The van der Waals surface area contributed by atoms with Gasteiger partial charge in [-0.25, -0.2) is 0 Å². The van der Waals surface area contributed by atoms with Crippen LogP contribution >= 0.6 is 0 Å². The summed E-state index contributed by atoms with van der Waals surface area (Å²) in [5, 5.41) is 0. The first-order valence-electron chi connectivity index (χ1n) is 5.80. The van der Waals surface area contributed by atoms with Gasteiger partial charge >= 0.3 is 6.98 Å². The number of halogens is 3. The number of ether oxygens (including phenoxy) is 1. The molecule has 6 heteroatoms. The molecule has 1 heterocycles. The van der Waals surface area contributed by atoms with Crippen molar-refractivity contribution < 1.29 is 17.7 Å². The van der Waals surface area contributed by atoms with E-state index in [4.69, 9.17) is 4.74 Å². The predicted octanol–water partition coefficient (Wildman–Crippen LogP) is 3.02. The van der Waals surface area contributed by atoms with Crippen LogP contribution in [0.4, 0.5) is 12.9 Å². The van der Waals surface area contributed by atoms with Gasteiger partial charge in [-0.15, -0.1) is 5.46 Å². The summed E-state index contributed by atoms with van der Waals surface area (Å²) < 4.78 is 43.3. The smallest absolute Gasteiger partial charge is 0.487 e. The van der Waals surface area contributed by atoms with E-state index < -0.39 is 12.4 Å². The van der Waals surface area contributed by atoms with E-state index in [0.717, 1.165) is 11.8 Å². The molecule has 1 aromatic heterocycles. The highest BCUT2D eigenvalue weighted by Gasteiger charge is 2.27. The number of rotatable bonds is 4. The number of pyridine rings is 1. The van der Waals surface area contributed by atoms with Crippen LogP contribution < -0.4 is 10.2 Å². The highest BCUT2D eigenvalue weighted by molar-refractivity contribution is 6.74. The molecule has 0 aliphatic heterocycles.